The SMILES string of the molecule is O=C(OCCCNc1cc2cccnc2c2ncccc12)Oc1ccc([N+](=O)[O-])cc1.[Ru+].c1ccc(-c2ccc[n-]2)nc1.c1ccc(-c2ccccn2)nc1. The minimum Gasteiger partial charge on any atom is -0.662 e. The van der Waals surface area contributed by atoms with Crippen LogP contribution >= 0.6 is 0 Å². The van der Waals surface area contributed by atoms with Gasteiger partial charge in [-0.1, -0.05) is 36.4 Å². The van der Waals surface area contributed by atoms with Crippen molar-refractivity contribution in [3.8, 4) is 28.5 Å². The summed E-state index contributed by atoms with van der Waals surface area (Å²) in [5.74, 6) is 0.178. The summed E-state index contributed by atoms with van der Waals surface area (Å²) in [5, 5.41) is 15.9. The minimum absolute atomic E-state index is 0. The van der Waals surface area contributed by atoms with Gasteiger partial charge in [0.2, 0.25) is 0 Å². The maximum Gasteiger partial charge on any atom is 1.00 e. The normalized spacial score (nSPS) is 10.1. The third-order valence-corrected chi connectivity index (χ3v) is 7.64. The first-order valence-corrected chi connectivity index (χ1v) is 16.8. The maximum absolute atomic E-state index is 11.8. The van der Waals surface area contributed by atoms with Crippen LogP contribution < -0.4 is 15.0 Å². The van der Waals surface area contributed by atoms with E-state index in [4.69, 9.17) is 9.47 Å². The molecule has 0 spiro atoms. The van der Waals surface area contributed by atoms with Gasteiger partial charge in [0.25, 0.3) is 5.69 Å². The molecule has 0 amide bonds. The molecule has 0 aliphatic heterocycles. The van der Waals surface area contributed by atoms with Crippen molar-refractivity contribution in [2.75, 3.05) is 18.5 Å². The Kier molecular flexibility index (Phi) is 14.5. The number of nitrogens with one attached hydrogen (secondary N) is 1. The number of carbonyl (C=O) groups is 1. The number of anilines is 1. The molecule has 8 aromatic rings. The molecule has 0 aliphatic rings. The van der Waals surface area contributed by atoms with Crippen molar-refractivity contribution in [1.82, 2.24) is 29.9 Å². The van der Waals surface area contributed by atoms with Crippen LogP contribution in [0.15, 0.2) is 159 Å². The Morgan fingerprint density at radius 1 is 0.691 bits per heavy atom. The van der Waals surface area contributed by atoms with Crippen molar-refractivity contribution in [2.24, 2.45) is 0 Å². The summed E-state index contributed by atoms with van der Waals surface area (Å²) in [6.07, 6.45) is 10.3. The van der Waals surface area contributed by atoms with E-state index >= 15 is 0 Å². The van der Waals surface area contributed by atoms with Crippen LogP contribution in [0, 0.1) is 10.1 Å². The van der Waals surface area contributed by atoms with E-state index in [1.165, 1.54) is 24.3 Å². The van der Waals surface area contributed by atoms with E-state index in [1.807, 2.05) is 97.1 Å². The Morgan fingerprint density at radius 3 is 1.91 bits per heavy atom. The minimum atomic E-state index is -0.861. The maximum atomic E-state index is 11.8. The van der Waals surface area contributed by atoms with Gasteiger partial charge in [-0.3, -0.25) is 35.0 Å². The molecule has 55 heavy (non-hydrogen) atoms. The van der Waals surface area contributed by atoms with E-state index in [0.29, 0.717) is 13.0 Å². The molecule has 275 valence electrons. The number of fused-ring (bicyclic) bond motifs is 3. The number of aromatic nitrogens is 6. The van der Waals surface area contributed by atoms with Gasteiger partial charge in [-0.2, -0.15) is 6.20 Å². The second-order valence-corrected chi connectivity index (χ2v) is 11.3. The molecule has 0 saturated heterocycles. The van der Waals surface area contributed by atoms with Crippen molar-refractivity contribution in [3.63, 3.8) is 0 Å². The van der Waals surface area contributed by atoms with Crippen LogP contribution in [0.1, 0.15) is 6.42 Å². The molecular weight excluding hydrogens is 786 g/mol. The van der Waals surface area contributed by atoms with Crippen molar-refractivity contribution in [3.05, 3.63) is 169 Å². The van der Waals surface area contributed by atoms with Crippen LogP contribution in [0.5, 0.6) is 5.75 Å². The number of ether oxygens (including phenoxy) is 2. The van der Waals surface area contributed by atoms with Gasteiger partial charge in [-0.05, 0) is 79.2 Å². The number of nitro groups is 1. The quantitative estimate of drug-likeness (QED) is 0.0281. The zero-order valence-corrected chi connectivity index (χ0v) is 30.9. The Morgan fingerprint density at radius 2 is 1.31 bits per heavy atom. The molecule has 0 fully saturated rings. The van der Waals surface area contributed by atoms with E-state index in [0.717, 1.165) is 50.3 Å². The number of hydrogen-bond acceptors (Lipinski definition) is 11. The van der Waals surface area contributed by atoms with E-state index < -0.39 is 11.1 Å². The zero-order valence-electron chi connectivity index (χ0n) is 29.2. The monoisotopic (exact) mass is 819 g/mol. The first-order valence-electron chi connectivity index (χ1n) is 16.8. The first kappa shape index (κ1) is 39.3. The molecule has 0 saturated carbocycles. The molecule has 14 heteroatoms. The van der Waals surface area contributed by atoms with Crippen molar-refractivity contribution in [2.45, 2.75) is 6.42 Å². The average molecular weight is 819 g/mol. The average Bonchev–Trinajstić information content (AvgIpc) is 3.78. The second-order valence-electron chi connectivity index (χ2n) is 11.3. The standard InChI is InChI=1S/C22H18N4O5.C10H8N2.C9H7N2.Ru/c27-22(31-17-8-6-16(7-9-17)26(28)29)30-13-3-12-23-19-14-15-4-1-10-24-20(15)21-18(19)5-2-11-25-21;1-3-7-11-9(5-1)10-6-2-4-8-12-10;1-2-6-10-8(4-1)9-5-3-7-11-9;/h1-2,4-11,14,23H,3,12-13H2;1-8H;1-7H;/q;;-1;+1. The predicted molar refractivity (Wildman–Crippen MR) is 206 cm³/mol. The fourth-order valence-corrected chi connectivity index (χ4v) is 5.13. The summed E-state index contributed by atoms with van der Waals surface area (Å²) in [5.41, 5.74) is 6.21. The van der Waals surface area contributed by atoms with E-state index in [9.17, 15) is 14.9 Å². The number of rotatable bonds is 9. The Balaban J connectivity index is 0.000000196. The van der Waals surface area contributed by atoms with E-state index in [-0.39, 0.29) is 37.5 Å². The van der Waals surface area contributed by atoms with Gasteiger partial charge in [-0.25, -0.2) is 4.79 Å². The molecule has 8 rings (SSSR count). The van der Waals surface area contributed by atoms with Crippen LogP contribution in [0.25, 0.3) is 44.6 Å². The third-order valence-electron chi connectivity index (χ3n) is 7.64. The fourth-order valence-electron chi connectivity index (χ4n) is 5.13. The number of nitrogens with zero attached hydrogens (tertiary/aromatic N) is 7. The molecule has 6 aromatic heterocycles. The molecule has 0 bridgehead atoms. The fraction of sp³-hybridized carbons (Fsp3) is 0.0732. The number of hydrogen-bond donors (Lipinski definition) is 1. The molecule has 6 heterocycles. The molecular formula is C41H33N8O5Ru. The summed E-state index contributed by atoms with van der Waals surface area (Å²) in [6.45, 7) is 0.727. The number of non-ortho nitro benzene ring substituents is 1. The topological polar surface area (TPSA) is 169 Å². The van der Waals surface area contributed by atoms with E-state index in [2.05, 4.69) is 35.2 Å². The molecule has 1 radical (unpaired) electrons. The van der Waals surface area contributed by atoms with Gasteiger partial charge in [0.15, 0.2) is 0 Å². The number of carbonyl (C=O) groups excluding carboxylic acids is 1. The molecule has 13 nitrogen and oxygen atoms in total. The summed E-state index contributed by atoms with van der Waals surface area (Å²) < 4.78 is 10.1. The van der Waals surface area contributed by atoms with Crippen LogP contribution in [0.2, 0.25) is 0 Å². The van der Waals surface area contributed by atoms with Gasteiger partial charge >= 0.3 is 25.6 Å². The Bertz CT molecular complexity index is 2350. The number of nitro benzene ring substituents is 1. The van der Waals surface area contributed by atoms with Crippen molar-refractivity contribution < 1.29 is 38.7 Å². The smallest absolute Gasteiger partial charge is 0.662 e. The number of benzene rings is 2. The summed E-state index contributed by atoms with van der Waals surface area (Å²) in [7, 11) is 0. The molecule has 1 N–H and O–H groups in total. The van der Waals surface area contributed by atoms with Crippen molar-refractivity contribution >= 4 is 39.3 Å². The van der Waals surface area contributed by atoms with Crippen LogP contribution in [0.4, 0.5) is 16.2 Å². The van der Waals surface area contributed by atoms with Gasteiger partial charge in [0.1, 0.15) is 5.75 Å². The zero-order chi connectivity index (χ0) is 37.4. The predicted octanol–water partition coefficient (Wildman–Crippen LogP) is 8.56. The van der Waals surface area contributed by atoms with Gasteiger partial charge in [-0.15, -0.1) is 5.69 Å². The van der Waals surface area contributed by atoms with Crippen LogP contribution in [-0.2, 0) is 24.2 Å². The van der Waals surface area contributed by atoms with Crippen molar-refractivity contribution in [1.29, 1.82) is 0 Å². The van der Waals surface area contributed by atoms with E-state index in [1.54, 1.807) is 37.2 Å². The van der Waals surface area contributed by atoms with Crippen LogP contribution in [0.3, 0.4) is 0 Å². The molecule has 0 aliphatic carbocycles. The Labute approximate surface area is 328 Å². The largest absolute Gasteiger partial charge is 1.00 e. The third kappa shape index (κ3) is 11.3. The first-order chi connectivity index (χ1) is 26.5. The van der Waals surface area contributed by atoms with Gasteiger partial charge < -0.3 is 19.8 Å². The molecule has 2 aromatic carbocycles. The van der Waals surface area contributed by atoms with Gasteiger partial charge in [0, 0.05) is 71.8 Å². The summed E-state index contributed by atoms with van der Waals surface area (Å²) >= 11 is 0. The number of pyridine rings is 5. The Hall–Kier alpha value is -6.92. The molecule has 0 unspecified atom stereocenters. The second kappa shape index (κ2) is 20.4. The van der Waals surface area contributed by atoms with Gasteiger partial charge in [0.05, 0.1) is 34.0 Å². The molecule has 0 atom stereocenters. The van der Waals surface area contributed by atoms with Crippen LogP contribution in [-0.4, -0.2) is 49.2 Å². The summed E-state index contributed by atoms with van der Waals surface area (Å²) in [4.78, 5) is 47.4. The summed E-state index contributed by atoms with van der Waals surface area (Å²) in [6, 6.07) is 36.2.